The smallest absolute Gasteiger partial charge is 0.254 e. The van der Waals surface area contributed by atoms with Gasteiger partial charge in [-0.15, -0.1) is 0 Å². The summed E-state index contributed by atoms with van der Waals surface area (Å²) < 4.78 is 15.1. The van der Waals surface area contributed by atoms with Gasteiger partial charge in [0.2, 0.25) is 5.91 Å². The fourth-order valence-electron chi connectivity index (χ4n) is 3.37. The van der Waals surface area contributed by atoms with Gasteiger partial charge in [0.25, 0.3) is 5.91 Å². The van der Waals surface area contributed by atoms with Gasteiger partial charge < -0.3 is 14.8 Å². The van der Waals surface area contributed by atoms with E-state index in [0.717, 1.165) is 22.6 Å². The summed E-state index contributed by atoms with van der Waals surface area (Å²) in [6, 6.07) is 17.4. The molecule has 1 heterocycles. The number of likely N-dealkylation sites (N-methyl/N-ethyl adjacent to an activating group) is 1. The van der Waals surface area contributed by atoms with E-state index in [9.17, 15) is 14.0 Å². The van der Waals surface area contributed by atoms with E-state index in [4.69, 9.17) is 0 Å². The Morgan fingerprint density at radius 2 is 1.53 bits per heavy atom. The van der Waals surface area contributed by atoms with Gasteiger partial charge in [0.1, 0.15) is 5.82 Å². The molecule has 156 valence electrons. The Balaban J connectivity index is 1.62. The predicted molar refractivity (Wildman–Crippen MR) is 115 cm³/mol. The standard InChI is InChI=1S/C24H26FN3O2/c1-4-27(16-23(29)26-15-19-7-11-21(25)12-8-19)24(30)20-9-13-22(14-10-20)28-17(2)5-6-18(28)3/h5-14H,4,15-16H2,1-3H3,(H,26,29). The number of nitrogens with one attached hydrogen (secondary N) is 1. The number of hydrogen-bond donors (Lipinski definition) is 1. The number of benzene rings is 2. The molecule has 1 N–H and O–H groups in total. The molecule has 5 nitrogen and oxygen atoms in total. The van der Waals surface area contributed by atoms with Crippen LogP contribution in [0.25, 0.3) is 5.69 Å². The number of hydrogen-bond acceptors (Lipinski definition) is 2. The van der Waals surface area contributed by atoms with E-state index >= 15 is 0 Å². The second kappa shape index (κ2) is 9.39. The molecule has 30 heavy (non-hydrogen) atoms. The summed E-state index contributed by atoms with van der Waals surface area (Å²) in [4.78, 5) is 26.6. The van der Waals surface area contributed by atoms with Crippen molar-refractivity contribution in [1.82, 2.24) is 14.8 Å². The van der Waals surface area contributed by atoms with Gasteiger partial charge in [-0.05, 0) is 74.9 Å². The van der Waals surface area contributed by atoms with E-state index < -0.39 is 0 Å². The fraction of sp³-hybridized carbons (Fsp3) is 0.250. The normalized spacial score (nSPS) is 10.7. The molecule has 0 radical (unpaired) electrons. The van der Waals surface area contributed by atoms with E-state index in [2.05, 4.69) is 22.0 Å². The third-order valence-electron chi connectivity index (χ3n) is 5.05. The van der Waals surface area contributed by atoms with Gasteiger partial charge in [-0.25, -0.2) is 4.39 Å². The number of amides is 2. The van der Waals surface area contributed by atoms with Crippen LogP contribution < -0.4 is 5.32 Å². The van der Waals surface area contributed by atoms with Crippen LogP contribution in [0.3, 0.4) is 0 Å². The average molecular weight is 407 g/mol. The Hall–Kier alpha value is -3.41. The third-order valence-corrected chi connectivity index (χ3v) is 5.05. The number of aryl methyl sites for hydroxylation is 2. The summed E-state index contributed by atoms with van der Waals surface area (Å²) in [7, 11) is 0. The quantitative estimate of drug-likeness (QED) is 0.643. The summed E-state index contributed by atoms with van der Waals surface area (Å²) in [6.07, 6.45) is 0. The van der Waals surface area contributed by atoms with E-state index in [0.29, 0.717) is 12.1 Å². The molecule has 0 aliphatic rings. The van der Waals surface area contributed by atoms with Crippen LogP contribution in [0.1, 0.15) is 34.2 Å². The van der Waals surface area contributed by atoms with E-state index in [-0.39, 0.29) is 30.7 Å². The van der Waals surface area contributed by atoms with Crippen LogP contribution in [0.15, 0.2) is 60.7 Å². The maximum atomic E-state index is 13.0. The van der Waals surface area contributed by atoms with Gasteiger partial charge in [-0.2, -0.15) is 0 Å². The third kappa shape index (κ3) is 4.95. The van der Waals surface area contributed by atoms with Crippen molar-refractivity contribution in [3.8, 4) is 5.69 Å². The second-order valence-electron chi connectivity index (χ2n) is 7.22. The Morgan fingerprint density at radius 3 is 2.10 bits per heavy atom. The molecule has 0 atom stereocenters. The highest BCUT2D eigenvalue weighted by Gasteiger charge is 2.17. The van der Waals surface area contributed by atoms with Crippen LogP contribution >= 0.6 is 0 Å². The lowest BCUT2D eigenvalue weighted by Gasteiger charge is -2.21. The molecule has 2 amide bonds. The molecule has 6 heteroatoms. The minimum Gasteiger partial charge on any atom is -0.350 e. The Labute approximate surface area is 176 Å². The van der Waals surface area contributed by atoms with E-state index in [1.54, 1.807) is 24.3 Å². The molecule has 0 aliphatic carbocycles. The number of rotatable bonds is 7. The molecule has 0 saturated heterocycles. The highest BCUT2D eigenvalue weighted by molar-refractivity contribution is 5.96. The molecular weight excluding hydrogens is 381 g/mol. The zero-order chi connectivity index (χ0) is 21.7. The summed E-state index contributed by atoms with van der Waals surface area (Å²) in [6.45, 7) is 6.58. The van der Waals surface area contributed by atoms with Crippen LogP contribution in [-0.2, 0) is 11.3 Å². The van der Waals surface area contributed by atoms with Crippen molar-refractivity contribution in [3.63, 3.8) is 0 Å². The van der Waals surface area contributed by atoms with Crippen molar-refractivity contribution in [2.45, 2.75) is 27.3 Å². The predicted octanol–water partition coefficient (Wildman–Crippen LogP) is 4.01. The monoisotopic (exact) mass is 407 g/mol. The molecule has 0 saturated carbocycles. The maximum Gasteiger partial charge on any atom is 0.254 e. The molecule has 2 aromatic carbocycles. The Kier molecular flexibility index (Phi) is 6.67. The van der Waals surface area contributed by atoms with Crippen LogP contribution in [0.5, 0.6) is 0 Å². The molecule has 0 aliphatic heterocycles. The lowest BCUT2D eigenvalue weighted by molar-refractivity contribution is -0.121. The average Bonchev–Trinajstić information content (AvgIpc) is 3.09. The first-order chi connectivity index (χ1) is 14.4. The van der Waals surface area contributed by atoms with Crippen molar-refractivity contribution in [1.29, 1.82) is 0 Å². The molecular formula is C24H26FN3O2. The first-order valence-electron chi connectivity index (χ1n) is 9.95. The van der Waals surface area contributed by atoms with Crippen molar-refractivity contribution in [3.05, 3.63) is 89.0 Å². The van der Waals surface area contributed by atoms with Crippen LogP contribution in [0.2, 0.25) is 0 Å². The zero-order valence-electron chi connectivity index (χ0n) is 17.5. The SMILES string of the molecule is CCN(CC(=O)NCc1ccc(F)cc1)C(=O)c1ccc(-n2c(C)ccc2C)cc1. The molecule has 3 aromatic rings. The minimum absolute atomic E-state index is 0.0336. The number of halogens is 1. The number of carbonyl (C=O) groups excluding carboxylic acids is 2. The van der Waals surface area contributed by atoms with Crippen molar-refractivity contribution >= 4 is 11.8 Å². The van der Waals surface area contributed by atoms with Crippen molar-refractivity contribution in [2.75, 3.05) is 13.1 Å². The van der Waals surface area contributed by atoms with Crippen LogP contribution in [-0.4, -0.2) is 34.4 Å². The fourth-order valence-corrected chi connectivity index (χ4v) is 3.37. The van der Waals surface area contributed by atoms with Gasteiger partial charge in [-0.1, -0.05) is 12.1 Å². The maximum absolute atomic E-state index is 13.0. The molecule has 0 spiro atoms. The highest BCUT2D eigenvalue weighted by atomic mass is 19.1. The minimum atomic E-state index is -0.319. The van der Waals surface area contributed by atoms with Crippen molar-refractivity contribution < 1.29 is 14.0 Å². The number of aromatic nitrogens is 1. The lowest BCUT2D eigenvalue weighted by atomic mass is 10.1. The number of nitrogens with zero attached hydrogens (tertiary/aromatic N) is 2. The topological polar surface area (TPSA) is 54.3 Å². The van der Waals surface area contributed by atoms with Gasteiger partial charge in [0, 0.05) is 35.7 Å². The summed E-state index contributed by atoms with van der Waals surface area (Å²) in [5, 5.41) is 2.77. The Morgan fingerprint density at radius 1 is 0.933 bits per heavy atom. The van der Waals surface area contributed by atoms with Crippen LogP contribution in [0, 0.1) is 19.7 Å². The summed E-state index contributed by atoms with van der Waals surface area (Å²) in [5.74, 6) is -0.771. The largest absolute Gasteiger partial charge is 0.350 e. The molecule has 1 aromatic heterocycles. The second-order valence-corrected chi connectivity index (χ2v) is 7.22. The van der Waals surface area contributed by atoms with Gasteiger partial charge in [-0.3, -0.25) is 9.59 Å². The van der Waals surface area contributed by atoms with Gasteiger partial charge in [0.05, 0.1) is 6.54 Å². The van der Waals surface area contributed by atoms with E-state index in [1.165, 1.54) is 17.0 Å². The summed E-state index contributed by atoms with van der Waals surface area (Å²) in [5.41, 5.74) is 4.57. The van der Waals surface area contributed by atoms with Gasteiger partial charge >= 0.3 is 0 Å². The van der Waals surface area contributed by atoms with Gasteiger partial charge in [0.15, 0.2) is 0 Å². The van der Waals surface area contributed by atoms with Crippen molar-refractivity contribution in [2.24, 2.45) is 0 Å². The Bertz CT molecular complexity index is 1000. The summed E-state index contributed by atoms with van der Waals surface area (Å²) >= 11 is 0. The first kappa shape index (κ1) is 21.3. The van der Waals surface area contributed by atoms with Crippen LogP contribution in [0.4, 0.5) is 4.39 Å². The first-order valence-corrected chi connectivity index (χ1v) is 9.95. The zero-order valence-corrected chi connectivity index (χ0v) is 17.5. The van der Waals surface area contributed by atoms with E-state index in [1.807, 2.05) is 32.9 Å². The molecule has 0 fully saturated rings. The lowest BCUT2D eigenvalue weighted by Crippen LogP contribution is -2.40. The molecule has 0 bridgehead atoms. The highest BCUT2D eigenvalue weighted by Crippen LogP contribution is 2.17. The number of carbonyl (C=O) groups is 2. The molecule has 3 rings (SSSR count). The molecule has 0 unspecified atom stereocenters.